The summed E-state index contributed by atoms with van der Waals surface area (Å²) in [6.07, 6.45) is 22.6. The Morgan fingerprint density at radius 1 is 1.00 bits per heavy atom. The van der Waals surface area contributed by atoms with E-state index in [9.17, 15) is 4.39 Å². The lowest BCUT2D eigenvalue weighted by Gasteiger charge is -2.32. The number of allylic oxidation sites excluding steroid dienone is 4. The van der Waals surface area contributed by atoms with Gasteiger partial charge >= 0.3 is 0 Å². The molecule has 0 unspecified atom stereocenters. The summed E-state index contributed by atoms with van der Waals surface area (Å²) in [6, 6.07) is 11.0. The van der Waals surface area contributed by atoms with Crippen LogP contribution < -0.4 is 0 Å². The number of rotatable bonds is 12. The van der Waals surface area contributed by atoms with Gasteiger partial charge in [-0.15, -0.1) is 0 Å². The van der Waals surface area contributed by atoms with E-state index < -0.39 is 5.83 Å². The third-order valence-corrected chi connectivity index (χ3v) is 7.96. The summed E-state index contributed by atoms with van der Waals surface area (Å²) >= 11 is 0. The largest absolute Gasteiger partial charge is 0.378 e. The van der Waals surface area contributed by atoms with Crippen molar-refractivity contribution in [2.75, 3.05) is 6.61 Å². The zero-order valence-corrected chi connectivity index (χ0v) is 21.2. The normalized spacial score (nSPS) is 26.0. The van der Waals surface area contributed by atoms with Crippen molar-refractivity contribution in [1.82, 2.24) is 0 Å². The van der Waals surface area contributed by atoms with E-state index in [1.54, 1.807) is 6.08 Å². The van der Waals surface area contributed by atoms with Gasteiger partial charge in [0.15, 0.2) is 5.83 Å². The predicted octanol–water partition coefficient (Wildman–Crippen LogP) is 8.98. The van der Waals surface area contributed by atoms with E-state index in [0.717, 1.165) is 37.2 Å². The molecule has 0 heterocycles. The Hall–Kier alpha value is -1.92. The third kappa shape index (κ3) is 9.38. The van der Waals surface area contributed by atoms with Crippen molar-refractivity contribution in [2.45, 2.75) is 109 Å². The first kappa shape index (κ1) is 26.7. The van der Waals surface area contributed by atoms with E-state index in [4.69, 9.17) is 10.00 Å². The first-order valence-electron chi connectivity index (χ1n) is 13.8. The van der Waals surface area contributed by atoms with Crippen LogP contribution in [-0.2, 0) is 11.2 Å². The highest BCUT2D eigenvalue weighted by Crippen LogP contribution is 2.37. The summed E-state index contributed by atoms with van der Waals surface area (Å²) in [5.74, 6) is 1.49. The smallest absolute Gasteiger partial charge is 0.199 e. The molecule has 2 saturated carbocycles. The maximum absolute atomic E-state index is 12.8. The maximum atomic E-state index is 12.8. The first-order valence-corrected chi connectivity index (χ1v) is 13.8. The monoisotopic (exact) mass is 465 g/mol. The van der Waals surface area contributed by atoms with Crippen LogP contribution in [0.5, 0.6) is 0 Å². The second-order valence-corrected chi connectivity index (χ2v) is 10.5. The average Bonchev–Trinajstić information content (AvgIpc) is 2.89. The Bertz CT molecular complexity index is 790. The quantitative estimate of drug-likeness (QED) is 0.175. The average molecular weight is 466 g/mol. The van der Waals surface area contributed by atoms with Crippen LogP contribution in [0.3, 0.4) is 0 Å². The van der Waals surface area contributed by atoms with Crippen LogP contribution in [0.15, 0.2) is 48.3 Å². The molecule has 0 aliphatic heterocycles. The van der Waals surface area contributed by atoms with Crippen molar-refractivity contribution in [3.8, 4) is 6.07 Å². The number of ether oxygens (including phenoxy) is 1. The van der Waals surface area contributed by atoms with Gasteiger partial charge in [-0.2, -0.15) is 9.65 Å². The van der Waals surface area contributed by atoms with Crippen LogP contribution in [0.4, 0.5) is 4.39 Å². The third-order valence-electron chi connectivity index (χ3n) is 7.96. The molecule has 1 aromatic carbocycles. The Morgan fingerprint density at radius 3 is 2.38 bits per heavy atom. The van der Waals surface area contributed by atoms with Gasteiger partial charge in [-0.25, -0.2) is 0 Å². The van der Waals surface area contributed by atoms with Crippen molar-refractivity contribution in [3.05, 3.63) is 59.4 Å². The van der Waals surface area contributed by atoms with Crippen molar-refractivity contribution >= 4 is 0 Å². The Labute approximate surface area is 207 Å². The highest BCUT2D eigenvalue weighted by Gasteiger charge is 2.25. The molecule has 2 fully saturated rings. The van der Waals surface area contributed by atoms with Gasteiger partial charge in [0.1, 0.15) is 6.07 Å². The van der Waals surface area contributed by atoms with E-state index in [-0.39, 0.29) is 0 Å². The molecule has 1 aromatic rings. The summed E-state index contributed by atoms with van der Waals surface area (Å²) in [5, 5.41) is 8.40. The Kier molecular flexibility index (Phi) is 11.9. The van der Waals surface area contributed by atoms with Gasteiger partial charge in [0.05, 0.1) is 6.10 Å². The molecule has 34 heavy (non-hydrogen) atoms. The lowest BCUT2D eigenvalue weighted by Crippen LogP contribution is -2.25. The lowest BCUT2D eigenvalue weighted by molar-refractivity contribution is -0.00824. The van der Waals surface area contributed by atoms with Crippen LogP contribution in [-0.4, -0.2) is 12.7 Å². The standard InChI is InChI=1S/C31H44FNO/c1-2-3-5-8-25-11-17-28(18-12-25)29-19-13-27(14-20-29)24-34-31-21-15-26(16-22-31)9-6-4-7-10-30(32)23-33/h4,7,10-12,17-18,26-27,29,31H,2-3,5-6,8-9,13-16,19-22,24H2,1H3. The minimum Gasteiger partial charge on any atom is -0.378 e. The molecule has 2 nitrogen and oxygen atoms in total. The number of hydrogen-bond donors (Lipinski definition) is 0. The summed E-state index contributed by atoms with van der Waals surface area (Å²) < 4.78 is 19.1. The molecule has 3 heteroatoms. The lowest BCUT2D eigenvalue weighted by atomic mass is 9.78. The number of hydrogen-bond acceptors (Lipinski definition) is 2. The van der Waals surface area contributed by atoms with Gasteiger partial charge < -0.3 is 4.74 Å². The molecule has 0 atom stereocenters. The van der Waals surface area contributed by atoms with Crippen molar-refractivity contribution < 1.29 is 9.13 Å². The van der Waals surface area contributed by atoms with Crippen LogP contribution in [0.2, 0.25) is 0 Å². The SMILES string of the molecule is CCCCCc1ccc(C2CCC(COC3CCC(CCC=CC=C(F)C#N)CC3)CC2)cc1. The second-order valence-electron chi connectivity index (χ2n) is 10.5. The molecular formula is C31H44FNO. The molecule has 0 spiro atoms. The van der Waals surface area contributed by atoms with E-state index in [1.165, 1.54) is 100 Å². The molecule has 0 bridgehead atoms. The molecule has 2 aliphatic rings. The fourth-order valence-corrected chi connectivity index (χ4v) is 5.68. The number of halogens is 1. The number of aryl methyl sites for hydroxylation is 1. The van der Waals surface area contributed by atoms with Gasteiger partial charge in [0.25, 0.3) is 0 Å². The van der Waals surface area contributed by atoms with Gasteiger partial charge in [-0.1, -0.05) is 56.2 Å². The van der Waals surface area contributed by atoms with E-state index in [2.05, 4.69) is 31.2 Å². The number of benzene rings is 1. The molecular weight excluding hydrogens is 421 g/mol. The van der Waals surface area contributed by atoms with E-state index in [1.807, 2.05) is 6.08 Å². The van der Waals surface area contributed by atoms with Gasteiger partial charge in [-0.05, 0) is 112 Å². The minimum absolute atomic E-state index is 0.442. The van der Waals surface area contributed by atoms with Crippen LogP contribution in [0.25, 0.3) is 0 Å². The maximum Gasteiger partial charge on any atom is 0.199 e. The summed E-state index contributed by atoms with van der Waals surface area (Å²) in [5.41, 5.74) is 3.03. The van der Waals surface area contributed by atoms with Crippen LogP contribution in [0.1, 0.15) is 107 Å². The van der Waals surface area contributed by atoms with Crippen molar-refractivity contribution in [3.63, 3.8) is 0 Å². The first-order chi connectivity index (χ1) is 16.7. The zero-order valence-electron chi connectivity index (χ0n) is 21.2. The van der Waals surface area contributed by atoms with E-state index >= 15 is 0 Å². The molecule has 186 valence electrons. The number of nitrogens with zero attached hydrogens (tertiary/aromatic N) is 1. The van der Waals surface area contributed by atoms with E-state index in [0.29, 0.717) is 6.10 Å². The second kappa shape index (κ2) is 15.2. The fourth-order valence-electron chi connectivity index (χ4n) is 5.68. The fraction of sp³-hybridized carbons (Fsp3) is 0.645. The summed E-state index contributed by atoms with van der Waals surface area (Å²) in [4.78, 5) is 0. The topological polar surface area (TPSA) is 33.0 Å². The van der Waals surface area contributed by atoms with Crippen molar-refractivity contribution in [2.24, 2.45) is 11.8 Å². The molecule has 2 aliphatic carbocycles. The molecule has 3 rings (SSSR count). The van der Waals surface area contributed by atoms with Crippen LogP contribution >= 0.6 is 0 Å². The highest BCUT2D eigenvalue weighted by molar-refractivity contribution is 5.26. The predicted molar refractivity (Wildman–Crippen MR) is 139 cm³/mol. The molecule has 0 aromatic heterocycles. The molecule has 0 radical (unpaired) electrons. The molecule has 0 N–H and O–H groups in total. The van der Waals surface area contributed by atoms with Gasteiger partial charge in [-0.3, -0.25) is 0 Å². The van der Waals surface area contributed by atoms with Crippen LogP contribution in [0, 0.1) is 23.2 Å². The highest BCUT2D eigenvalue weighted by atomic mass is 19.1. The minimum atomic E-state index is -0.728. The Morgan fingerprint density at radius 2 is 1.71 bits per heavy atom. The number of nitriles is 1. The van der Waals surface area contributed by atoms with Crippen molar-refractivity contribution in [1.29, 1.82) is 5.26 Å². The van der Waals surface area contributed by atoms with Gasteiger partial charge in [0.2, 0.25) is 0 Å². The summed E-state index contributed by atoms with van der Waals surface area (Å²) in [7, 11) is 0. The Balaban J connectivity index is 1.27. The summed E-state index contributed by atoms with van der Waals surface area (Å²) in [6.45, 7) is 3.21. The zero-order chi connectivity index (χ0) is 24.0. The van der Waals surface area contributed by atoms with Gasteiger partial charge in [0, 0.05) is 6.61 Å². The number of unbranched alkanes of at least 4 members (excludes halogenated alkanes) is 2. The molecule has 0 amide bonds. The molecule has 0 saturated heterocycles.